The monoisotopic (exact) mass is 404 g/mol. The van der Waals surface area contributed by atoms with Gasteiger partial charge < -0.3 is 10.1 Å². The number of benzene rings is 2. The van der Waals surface area contributed by atoms with Crippen LogP contribution >= 0.6 is 0 Å². The first-order valence-corrected chi connectivity index (χ1v) is 10.1. The second kappa shape index (κ2) is 8.82. The first-order valence-electron chi connectivity index (χ1n) is 10.1. The molecule has 2 heterocycles. The van der Waals surface area contributed by atoms with Gasteiger partial charge in [-0.1, -0.05) is 36.8 Å². The van der Waals surface area contributed by atoms with Gasteiger partial charge >= 0.3 is 0 Å². The van der Waals surface area contributed by atoms with Crippen molar-refractivity contribution in [1.82, 2.24) is 9.78 Å². The van der Waals surface area contributed by atoms with E-state index in [4.69, 9.17) is 4.74 Å². The van der Waals surface area contributed by atoms with E-state index in [0.717, 1.165) is 25.0 Å². The van der Waals surface area contributed by atoms with Crippen LogP contribution < -0.4 is 15.6 Å². The molecule has 3 aromatic rings. The van der Waals surface area contributed by atoms with Gasteiger partial charge in [-0.2, -0.15) is 0 Å². The molecule has 0 atom stereocenters. The third-order valence-corrected chi connectivity index (χ3v) is 5.16. The molecule has 1 aromatic heterocycles. The molecule has 2 N–H and O–H groups in total. The SMILES string of the molecule is COc1ccccc1C(=O)Nc1[nH]n(-c2ccccc2)c(=O)c1C1=NCCCCC1. The summed E-state index contributed by atoms with van der Waals surface area (Å²) in [6.45, 7) is 0.686. The average molecular weight is 404 g/mol. The van der Waals surface area contributed by atoms with Gasteiger partial charge in [0.15, 0.2) is 0 Å². The molecular formula is C23H24N4O3. The predicted molar refractivity (Wildman–Crippen MR) is 117 cm³/mol. The van der Waals surface area contributed by atoms with Gasteiger partial charge in [0.25, 0.3) is 11.5 Å². The third-order valence-electron chi connectivity index (χ3n) is 5.16. The number of anilines is 1. The number of para-hydroxylation sites is 2. The lowest BCUT2D eigenvalue weighted by molar-refractivity contribution is 0.102. The summed E-state index contributed by atoms with van der Waals surface area (Å²) in [5.74, 6) is 0.456. The first-order chi connectivity index (χ1) is 14.7. The van der Waals surface area contributed by atoms with Gasteiger partial charge in [0.1, 0.15) is 17.1 Å². The van der Waals surface area contributed by atoms with E-state index in [1.165, 1.54) is 11.8 Å². The van der Waals surface area contributed by atoms with Gasteiger partial charge in [0.05, 0.1) is 24.1 Å². The molecular weight excluding hydrogens is 380 g/mol. The summed E-state index contributed by atoms with van der Waals surface area (Å²) in [7, 11) is 1.52. The Hall–Kier alpha value is -3.61. The molecule has 1 aliphatic heterocycles. The number of nitrogens with one attached hydrogen (secondary N) is 2. The van der Waals surface area contributed by atoms with Crippen molar-refractivity contribution < 1.29 is 9.53 Å². The first kappa shape index (κ1) is 19.7. The number of aliphatic imine (C=N–C) groups is 1. The van der Waals surface area contributed by atoms with Gasteiger partial charge in [0, 0.05) is 6.54 Å². The van der Waals surface area contributed by atoms with Gasteiger partial charge in [0.2, 0.25) is 0 Å². The normalized spacial score (nSPS) is 14.0. The highest BCUT2D eigenvalue weighted by molar-refractivity contribution is 6.11. The highest BCUT2D eigenvalue weighted by Crippen LogP contribution is 2.22. The zero-order valence-electron chi connectivity index (χ0n) is 16.9. The third kappa shape index (κ3) is 3.91. The lowest BCUT2D eigenvalue weighted by Gasteiger charge is -2.09. The van der Waals surface area contributed by atoms with Gasteiger partial charge in [-0.05, 0) is 43.5 Å². The molecule has 0 radical (unpaired) electrons. The number of aromatic nitrogens is 2. The standard InChI is InChI=1S/C23H24N4O3/c1-30-19-14-8-7-12-17(19)22(28)25-21-20(18-13-6-3-9-15-24-18)23(29)27(26-21)16-10-4-2-5-11-16/h2,4-5,7-8,10-12,14,26H,3,6,9,13,15H2,1H3,(H,25,28). The van der Waals surface area contributed by atoms with E-state index in [1.807, 2.05) is 30.3 Å². The lowest BCUT2D eigenvalue weighted by Crippen LogP contribution is -2.21. The Balaban J connectivity index is 1.78. The van der Waals surface area contributed by atoms with Crippen molar-refractivity contribution >= 4 is 17.4 Å². The lowest BCUT2D eigenvalue weighted by atomic mass is 10.1. The number of hydrogen-bond acceptors (Lipinski definition) is 4. The number of methoxy groups -OCH3 is 1. The van der Waals surface area contributed by atoms with Crippen molar-refractivity contribution in [3.8, 4) is 11.4 Å². The predicted octanol–water partition coefficient (Wildman–Crippen LogP) is 3.79. The fourth-order valence-electron chi connectivity index (χ4n) is 3.65. The van der Waals surface area contributed by atoms with Crippen LogP contribution in [0.4, 0.5) is 5.82 Å². The van der Waals surface area contributed by atoms with E-state index in [1.54, 1.807) is 24.3 Å². The minimum atomic E-state index is -0.357. The molecule has 0 unspecified atom stereocenters. The largest absolute Gasteiger partial charge is 0.496 e. The maximum absolute atomic E-state index is 13.3. The van der Waals surface area contributed by atoms with Crippen LogP contribution in [-0.4, -0.2) is 35.1 Å². The summed E-state index contributed by atoms with van der Waals surface area (Å²) in [4.78, 5) is 31.0. The molecule has 0 saturated carbocycles. The van der Waals surface area contributed by atoms with Crippen LogP contribution in [0.2, 0.25) is 0 Å². The number of rotatable bonds is 5. The summed E-state index contributed by atoms with van der Waals surface area (Å²) in [5.41, 5.74) is 2.01. The highest BCUT2D eigenvalue weighted by atomic mass is 16.5. The molecule has 0 spiro atoms. The smallest absolute Gasteiger partial charge is 0.282 e. The Bertz CT molecular complexity index is 1130. The van der Waals surface area contributed by atoms with E-state index in [2.05, 4.69) is 15.4 Å². The van der Waals surface area contributed by atoms with E-state index in [9.17, 15) is 9.59 Å². The molecule has 154 valence electrons. The Morgan fingerprint density at radius 3 is 2.63 bits per heavy atom. The molecule has 0 saturated heterocycles. The molecule has 1 aliphatic rings. The van der Waals surface area contributed by atoms with Gasteiger partial charge in [-0.25, -0.2) is 4.68 Å². The van der Waals surface area contributed by atoms with Crippen LogP contribution in [0.15, 0.2) is 64.4 Å². The molecule has 30 heavy (non-hydrogen) atoms. The van der Waals surface area contributed by atoms with E-state index in [-0.39, 0.29) is 11.5 Å². The summed E-state index contributed by atoms with van der Waals surface area (Å²) in [6.07, 6.45) is 3.75. The Morgan fingerprint density at radius 2 is 1.83 bits per heavy atom. The van der Waals surface area contributed by atoms with Crippen LogP contribution in [0, 0.1) is 0 Å². The second-order valence-electron chi connectivity index (χ2n) is 7.13. The van der Waals surface area contributed by atoms with Crippen molar-refractivity contribution in [2.75, 3.05) is 19.0 Å². The minimum absolute atomic E-state index is 0.225. The maximum Gasteiger partial charge on any atom is 0.282 e. The fraction of sp³-hybridized carbons (Fsp3) is 0.261. The summed E-state index contributed by atoms with van der Waals surface area (Å²) in [5, 5.41) is 5.95. The zero-order chi connectivity index (χ0) is 20.9. The Morgan fingerprint density at radius 1 is 1.07 bits per heavy atom. The van der Waals surface area contributed by atoms with Crippen LogP contribution in [0.5, 0.6) is 5.75 Å². The number of H-pyrrole nitrogens is 1. The van der Waals surface area contributed by atoms with Crippen LogP contribution in [0.25, 0.3) is 5.69 Å². The fourth-order valence-corrected chi connectivity index (χ4v) is 3.65. The number of amides is 1. The Labute approximate surface area is 174 Å². The van der Waals surface area contributed by atoms with Crippen molar-refractivity contribution in [2.24, 2.45) is 4.99 Å². The minimum Gasteiger partial charge on any atom is -0.496 e. The second-order valence-corrected chi connectivity index (χ2v) is 7.13. The van der Waals surface area contributed by atoms with E-state index < -0.39 is 0 Å². The number of aromatic amines is 1. The van der Waals surface area contributed by atoms with Crippen molar-refractivity contribution in [2.45, 2.75) is 25.7 Å². The van der Waals surface area contributed by atoms with Crippen molar-refractivity contribution in [3.05, 3.63) is 76.1 Å². The molecule has 0 fully saturated rings. The molecule has 7 nitrogen and oxygen atoms in total. The molecule has 7 heteroatoms. The number of carbonyl (C=O) groups is 1. The van der Waals surface area contributed by atoms with Crippen LogP contribution in [0.1, 0.15) is 41.6 Å². The average Bonchev–Trinajstić information content (AvgIpc) is 2.95. The highest BCUT2D eigenvalue weighted by Gasteiger charge is 2.23. The van der Waals surface area contributed by atoms with Crippen LogP contribution in [-0.2, 0) is 0 Å². The maximum atomic E-state index is 13.3. The summed E-state index contributed by atoms with van der Waals surface area (Å²) >= 11 is 0. The van der Waals surface area contributed by atoms with E-state index in [0.29, 0.717) is 41.3 Å². The molecule has 2 aromatic carbocycles. The molecule has 1 amide bonds. The summed E-state index contributed by atoms with van der Waals surface area (Å²) < 4.78 is 6.75. The Kier molecular flexibility index (Phi) is 5.79. The summed E-state index contributed by atoms with van der Waals surface area (Å²) in [6, 6.07) is 16.3. The van der Waals surface area contributed by atoms with Gasteiger partial charge in [-0.3, -0.25) is 19.7 Å². The number of hydrogen-bond donors (Lipinski definition) is 2. The molecule has 0 aliphatic carbocycles. The van der Waals surface area contributed by atoms with Crippen LogP contribution in [0.3, 0.4) is 0 Å². The molecule has 4 rings (SSSR count). The van der Waals surface area contributed by atoms with E-state index >= 15 is 0 Å². The van der Waals surface area contributed by atoms with Crippen molar-refractivity contribution in [3.63, 3.8) is 0 Å². The molecule has 0 bridgehead atoms. The quantitative estimate of drug-likeness (QED) is 0.678. The number of nitrogens with zero attached hydrogens (tertiary/aromatic N) is 2. The number of ether oxygens (including phenoxy) is 1. The van der Waals surface area contributed by atoms with Crippen molar-refractivity contribution in [1.29, 1.82) is 0 Å². The topological polar surface area (TPSA) is 88.5 Å². The number of carbonyl (C=O) groups excluding carboxylic acids is 1. The van der Waals surface area contributed by atoms with Gasteiger partial charge in [-0.15, -0.1) is 0 Å². The zero-order valence-corrected chi connectivity index (χ0v) is 16.9.